The lowest BCUT2D eigenvalue weighted by Gasteiger charge is -2.20. The second kappa shape index (κ2) is 6.31. The third-order valence-corrected chi connectivity index (χ3v) is 2.99. The van der Waals surface area contributed by atoms with Crippen molar-refractivity contribution in [3.63, 3.8) is 0 Å². The van der Waals surface area contributed by atoms with E-state index in [4.69, 9.17) is 0 Å². The second-order valence-electron chi connectivity index (χ2n) is 4.43. The standard InChI is InChI=1S/C16H18FN/c1-13(17)16(15-10-6-3-7-11-15)18-12-14-8-4-2-5-9-14/h2-11,13,16,18H,12H2,1H3/t13-,16+/m0/s1. The first-order valence-corrected chi connectivity index (χ1v) is 6.23. The molecule has 0 bridgehead atoms. The normalized spacial score (nSPS) is 14.1. The molecule has 0 aliphatic heterocycles. The summed E-state index contributed by atoms with van der Waals surface area (Å²) in [6, 6.07) is 19.5. The minimum atomic E-state index is -0.920. The van der Waals surface area contributed by atoms with Gasteiger partial charge < -0.3 is 5.32 Å². The Bertz CT molecular complexity index is 453. The second-order valence-corrected chi connectivity index (χ2v) is 4.43. The van der Waals surface area contributed by atoms with E-state index in [9.17, 15) is 4.39 Å². The van der Waals surface area contributed by atoms with Crippen LogP contribution in [0.25, 0.3) is 0 Å². The van der Waals surface area contributed by atoms with E-state index in [1.54, 1.807) is 6.92 Å². The molecule has 0 heterocycles. The van der Waals surface area contributed by atoms with Crippen LogP contribution in [-0.4, -0.2) is 6.17 Å². The summed E-state index contributed by atoms with van der Waals surface area (Å²) in [5.74, 6) is 0. The van der Waals surface area contributed by atoms with Crippen LogP contribution >= 0.6 is 0 Å². The molecule has 0 saturated heterocycles. The molecule has 94 valence electrons. The van der Waals surface area contributed by atoms with E-state index in [0.717, 1.165) is 5.56 Å². The highest BCUT2D eigenvalue weighted by molar-refractivity contribution is 5.21. The quantitative estimate of drug-likeness (QED) is 0.840. The number of rotatable bonds is 5. The van der Waals surface area contributed by atoms with E-state index >= 15 is 0 Å². The Hall–Kier alpha value is -1.67. The Morgan fingerprint density at radius 3 is 2.06 bits per heavy atom. The van der Waals surface area contributed by atoms with Gasteiger partial charge in [0.2, 0.25) is 0 Å². The third kappa shape index (κ3) is 3.41. The fourth-order valence-corrected chi connectivity index (χ4v) is 2.03. The van der Waals surface area contributed by atoms with E-state index < -0.39 is 6.17 Å². The van der Waals surface area contributed by atoms with Crippen LogP contribution in [0.3, 0.4) is 0 Å². The largest absolute Gasteiger partial charge is 0.303 e. The van der Waals surface area contributed by atoms with Crippen LogP contribution in [0.2, 0.25) is 0 Å². The van der Waals surface area contributed by atoms with E-state index in [1.165, 1.54) is 5.56 Å². The van der Waals surface area contributed by atoms with Crippen molar-refractivity contribution in [2.24, 2.45) is 0 Å². The summed E-state index contributed by atoms with van der Waals surface area (Å²) in [6.45, 7) is 2.27. The number of halogens is 1. The zero-order valence-electron chi connectivity index (χ0n) is 10.5. The maximum Gasteiger partial charge on any atom is 0.117 e. The van der Waals surface area contributed by atoms with E-state index in [0.29, 0.717) is 6.54 Å². The number of nitrogens with one attached hydrogen (secondary N) is 1. The highest BCUT2D eigenvalue weighted by Crippen LogP contribution is 2.19. The van der Waals surface area contributed by atoms with Crippen molar-refractivity contribution in [2.75, 3.05) is 0 Å². The van der Waals surface area contributed by atoms with Crippen molar-refractivity contribution in [1.29, 1.82) is 0 Å². The van der Waals surface area contributed by atoms with Crippen LogP contribution < -0.4 is 5.32 Å². The smallest absolute Gasteiger partial charge is 0.117 e. The van der Waals surface area contributed by atoms with E-state index in [1.807, 2.05) is 60.7 Å². The summed E-state index contributed by atoms with van der Waals surface area (Å²) < 4.78 is 13.7. The molecule has 0 radical (unpaired) electrons. The Labute approximate surface area is 108 Å². The number of benzene rings is 2. The highest BCUT2D eigenvalue weighted by Gasteiger charge is 2.17. The zero-order chi connectivity index (χ0) is 12.8. The van der Waals surface area contributed by atoms with Gasteiger partial charge in [-0.05, 0) is 18.1 Å². The zero-order valence-corrected chi connectivity index (χ0v) is 10.5. The van der Waals surface area contributed by atoms with Gasteiger partial charge in [-0.25, -0.2) is 4.39 Å². The van der Waals surface area contributed by atoms with Crippen molar-refractivity contribution >= 4 is 0 Å². The topological polar surface area (TPSA) is 12.0 Å². The van der Waals surface area contributed by atoms with Crippen LogP contribution in [0.4, 0.5) is 4.39 Å². The molecule has 0 spiro atoms. The van der Waals surface area contributed by atoms with Crippen molar-refractivity contribution in [3.8, 4) is 0 Å². The lowest BCUT2D eigenvalue weighted by atomic mass is 10.0. The first-order chi connectivity index (χ1) is 8.77. The van der Waals surface area contributed by atoms with Gasteiger partial charge in [-0.3, -0.25) is 0 Å². The molecule has 0 saturated carbocycles. The molecule has 0 fully saturated rings. The van der Waals surface area contributed by atoms with Gasteiger partial charge >= 0.3 is 0 Å². The summed E-state index contributed by atoms with van der Waals surface area (Å²) >= 11 is 0. The minimum absolute atomic E-state index is 0.258. The summed E-state index contributed by atoms with van der Waals surface area (Å²) in [5, 5.41) is 3.28. The van der Waals surface area contributed by atoms with Gasteiger partial charge in [0, 0.05) is 6.54 Å². The third-order valence-electron chi connectivity index (χ3n) is 2.99. The van der Waals surface area contributed by atoms with Crippen LogP contribution in [0, 0.1) is 0 Å². The van der Waals surface area contributed by atoms with Crippen molar-refractivity contribution in [1.82, 2.24) is 5.32 Å². The summed E-state index contributed by atoms with van der Waals surface area (Å²) in [6.07, 6.45) is -0.920. The molecule has 0 aliphatic carbocycles. The van der Waals surface area contributed by atoms with E-state index in [2.05, 4.69) is 5.32 Å². The predicted molar refractivity (Wildman–Crippen MR) is 73.0 cm³/mol. The molecule has 1 N–H and O–H groups in total. The van der Waals surface area contributed by atoms with Crippen LogP contribution in [-0.2, 0) is 6.54 Å². The Kier molecular flexibility index (Phi) is 4.48. The maximum atomic E-state index is 13.7. The van der Waals surface area contributed by atoms with Crippen LogP contribution in [0.15, 0.2) is 60.7 Å². The molecule has 0 aromatic heterocycles. The Morgan fingerprint density at radius 1 is 0.944 bits per heavy atom. The SMILES string of the molecule is C[C@H](F)[C@@H](NCc1ccccc1)c1ccccc1. The fourth-order valence-electron chi connectivity index (χ4n) is 2.03. The molecular weight excluding hydrogens is 225 g/mol. The molecule has 1 nitrogen and oxygen atoms in total. The summed E-state index contributed by atoms with van der Waals surface area (Å²) in [4.78, 5) is 0. The molecule has 0 unspecified atom stereocenters. The maximum absolute atomic E-state index is 13.7. The highest BCUT2D eigenvalue weighted by atomic mass is 19.1. The Morgan fingerprint density at radius 2 is 1.50 bits per heavy atom. The van der Waals surface area contributed by atoms with Gasteiger partial charge in [-0.1, -0.05) is 60.7 Å². The molecule has 2 heteroatoms. The molecule has 0 aliphatic rings. The number of hydrogen-bond acceptors (Lipinski definition) is 1. The lowest BCUT2D eigenvalue weighted by molar-refractivity contribution is 0.271. The van der Waals surface area contributed by atoms with Crippen LogP contribution in [0.5, 0.6) is 0 Å². The molecule has 18 heavy (non-hydrogen) atoms. The van der Waals surface area contributed by atoms with Crippen molar-refractivity contribution in [3.05, 3.63) is 71.8 Å². The first-order valence-electron chi connectivity index (χ1n) is 6.23. The van der Waals surface area contributed by atoms with Gasteiger partial charge in [0.25, 0.3) is 0 Å². The number of hydrogen-bond donors (Lipinski definition) is 1. The molecule has 0 amide bonds. The average molecular weight is 243 g/mol. The Balaban J connectivity index is 2.04. The average Bonchev–Trinajstić information content (AvgIpc) is 2.41. The minimum Gasteiger partial charge on any atom is -0.303 e. The fraction of sp³-hybridized carbons (Fsp3) is 0.250. The van der Waals surface area contributed by atoms with Gasteiger partial charge in [0.15, 0.2) is 0 Å². The van der Waals surface area contributed by atoms with Crippen LogP contribution in [0.1, 0.15) is 24.1 Å². The summed E-state index contributed by atoms with van der Waals surface area (Å²) in [7, 11) is 0. The van der Waals surface area contributed by atoms with Gasteiger partial charge in [0.1, 0.15) is 6.17 Å². The van der Waals surface area contributed by atoms with Crippen molar-refractivity contribution in [2.45, 2.75) is 25.7 Å². The molecule has 2 aromatic rings. The van der Waals surface area contributed by atoms with E-state index in [-0.39, 0.29) is 6.04 Å². The monoisotopic (exact) mass is 243 g/mol. The molecule has 2 rings (SSSR count). The molecule has 2 aromatic carbocycles. The van der Waals surface area contributed by atoms with Gasteiger partial charge in [0.05, 0.1) is 6.04 Å². The molecular formula is C16H18FN. The summed E-state index contributed by atoms with van der Waals surface area (Å²) in [5.41, 5.74) is 2.16. The number of alkyl halides is 1. The van der Waals surface area contributed by atoms with Crippen molar-refractivity contribution < 1.29 is 4.39 Å². The van der Waals surface area contributed by atoms with Gasteiger partial charge in [-0.15, -0.1) is 0 Å². The lowest BCUT2D eigenvalue weighted by Crippen LogP contribution is -2.27. The predicted octanol–water partition coefficient (Wildman–Crippen LogP) is 3.88. The first kappa shape index (κ1) is 12.8. The molecule has 2 atom stereocenters. The van der Waals surface area contributed by atoms with Gasteiger partial charge in [-0.2, -0.15) is 0 Å².